The largest absolute Gasteiger partial charge is 0.351 e. The molecule has 2 aromatic carbocycles. The molecular formula is C26H21Cl2FN4S. The van der Waals surface area contributed by atoms with Crippen LogP contribution in [0.5, 0.6) is 0 Å². The lowest BCUT2D eigenvalue weighted by Gasteiger charge is -2.28. The molecule has 3 heterocycles. The molecule has 0 amide bonds. The molecule has 8 heteroatoms. The molecule has 1 N–H and O–H groups in total. The summed E-state index contributed by atoms with van der Waals surface area (Å²) in [5.74, 6) is -0.298. The minimum atomic E-state index is -0.298. The van der Waals surface area contributed by atoms with E-state index in [4.69, 9.17) is 35.4 Å². The van der Waals surface area contributed by atoms with Crippen LogP contribution in [0.25, 0.3) is 5.69 Å². The van der Waals surface area contributed by atoms with Gasteiger partial charge in [0.25, 0.3) is 0 Å². The monoisotopic (exact) mass is 510 g/mol. The Morgan fingerprint density at radius 2 is 1.76 bits per heavy atom. The maximum Gasteiger partial charge on any atom is 0.174 e. The summed E-state index contributed by atoms with van der Waals surface area (Å²) in [7, 11) is 0. The van der Waals surface area contributed by atoms with Crippen LogP contribution in [0.15, 0.2) is 72.9 Å². The van der Waals surface area contributed by atoms with Crippen molar-refractivity contribution in [1.29, 1.82) is 0 Å². The second-order valence-electron chi connectivity index (χ2n) is 8.21. The first kappa shape index (κ1) is 22.8. The van der Waals surface area contributed by atoms with Crippen LogP contribution in [0.4, 0.5) is 10.1 Å². The van der Waals surface area contributed by atoms with E-state index < -0.39 is 0 Å². The lowest BCUT2D eigenvalue weighted by atomic mass is 9.96. The lowest BCUT2D eigenvalue weighted by Crippen LogP contribution is -2.29. The summed E-state index contributed by atoms with van der Waals surface area (Å²) < 4.78 is 15.8. The Balaban J connectivity index is 1.70. The molecule has 34 heavy (non-hydrogen) atoms. The number of aryl methyl sites for hydroxylation is 1. The fourth-order valence-corrected chi connectivity index (χ4v) is 5.40. The number of thiocarbonyl (C=S) groups is 1. The van der Waals surface area contributed by atoms with E-state index in [-0.39, 0.29) is 17.9 Å². The minimum Gasteiger partial charge on any atom is -0.351 e. The Morgan fingerprint density at radius 1 is 1.00 bits per heavy atom. The number of aromatic nitrogens is 2. The number of hydrogen-bond acceptors (Lipinski definition) is 2. The lowest BCUT2D eigenvalue weighted by molar-refractivity contribution is 0.565. The van der Waals surface area contributed by atoms with Crippen molar-refractivity contribution in [1.82, 2.24) is 14.9 Å². The molecule has 1 saturated heterocycles. The number of hydrogen-bond donors (Lipinski definition) is 1. The third-order valence-corrected chi connectivity index (χ3v) is 7.29. The van der Waals surface area contributed by atoms with Gasteiger partial charge in [0.15, 0.2) is 5.11 Å². The zero-order valence-electron chi connectivity index (χ0n) is 18.5. The summed E-state index contributed by atoms with van der Waals surface area (Å²) in [6, 6.07) is 19.5. The first-order valence-corrected chi connectivity index (χ1v) is 11.9. The maximum absolute atomic E-state index is 13.7. The van der Waals surface area contributed by atoms with Gasteiger partial charge in [0.05, 0.1) is 33.5 Å². The summed E-state index contributed by atoms with van der Waals surface area (Å²) in [6.45, 7) is 4.09. The van der Waals surface area contributed by atoms with E-state index in [1.807, 2.05) is 42.2 Å². The molecule has 1 fully saturated rings. The molecule has 0 bridgehead atoms. The van der Waals surface area contributed by atoms with Crippen molar-refractivity contribution < 1.29 is 4.39 Å². The van der Waals surface area contributed by atoms with Crippen LogP contribution in [0.2, 0.25) is 10.0 Å². The van der Waals surface area contributed by atoms with Gasteiger partial charge >= 0.3 is 0 Å². The van der Waals surface area contributed by atoms with E-state index >= 15 is 0 Å². The number of nitrogens with one attached hydrogen (secondary N) is 1. The van der Waals surface area contributed by atoms with Gasteiger partial charge in [-0.1, -0.05) is 35.3 Å². The van der Waals surface area contributed by atoms with Crippen LogP contribution in [0.1, 0.15) is 34.7 Å². The molecule has 4 nitrogen and oxygen atoms in total. The molecule has 172 valence electrons. The van der Waals surface area contributed by atoms with Gasteiger partial charge in [-0.05, 0) is 86.2 Å². The highest BCUT2D eigenvalue weighted by Crippen LogP contribution is 2.44. The predicted octanol–water partition coefficient (Wildman–Crippen LogP) is 7.11. The first-order chi connectivity index (χ1) is 16.4. The number of halogens is 3. The molecule has 4 aromatic rings. The minimum absolute atomic E-state index is 0.206. The van der Waals surface area contributed by atoms with Gasteiger partial charge in [-0.3, -0.25) is 4.98 Å². The van der Waals surface area contributed by atoms with Gasteiger partial charge in [-0.15, -0.1) is 0 Å². The predicted molar refractivity (Wildman–Crippen MR) is 140 cm³/mol. The quantitative estimate of drug-likeness (QED) is 0.296. The third-order valence-electron chi connectivity index (χ3n) is 6.16. The summed E-state index contributed by atoms with van der Waals surface area (Å²) in [4.78, 5) is 6.63. The highest BCUT2D eigenvalue weighted by atomic mass is 35.5. The van der Waals surface area contributed by atoms with Crippen LogP contribution in [0, 0.1) is 19.7 Å². The van der Waals surface area contributed by atoms with Crippen molar-refractivity contribution in [2.45, 2.75) is 25.9 Å². The molecule has 0 radical (unpaired) electrons. The summed E-state index contributed by atoms with van der Waals surface area (Å²) >= 11 is 18.7. The van der Waals surface area contributed by atoms with E-state index in [2.05, 4.69) is 27.9 Å². The van der Waals surface area contributed by atoms with E-state index in [1.54, 1.807) is 24.4 Å². The highest BCUT2D eigenvalue weighted by molar-refractivity contribution is 7.80. The van der Waals surface area contributed by atoms with Crippen molar-refractivity contribution in [3.8, 4) is 5.69 Å². The smallest absolute Gasteiger partial charge is 0.174 e. The van der Waals surface area contributed by atoms with Crippen molar-refractivity contribution >= 4 is 46.2 Å². The number of rotatable bonds is 4. The molecule has 1 aliphatic rings. The standard InChI is InChI=1S/C26H21Cl2FN4S/c1-15-14-19(16(2)32(15)22-8-5-6-20(27)23(22)28)25-24(21-7-3-4-13-30-21)31-26(34)33(25)18-11-9-17(29)10-12-18/h3-14,24-25H,1-2H3,(H,31,34)/t24-,25-/m0/s1. The van der Waals surface area contributed by atoms with E-state index in [0.717, 1.165) is 34.0 Å². The van der Waals surface area contributed by atoms with Crippen LogP contribution in [-0.2, 0) is 0 Å². The van der Waals surface area contributed by atoms with Crippen LogP contribution >= 0.6 is 35.4 Å². The molecule has 5 rings (SSSR count). The molecular weight excluding hydrogens is 490 g/mol. The van der Waals surface area contributed by atoms with Crippen molar-refractivity contribution in [3.63, 3.8) is 0 Å². The van der Waals surface area contributed by atoms with Crippen LogP contribution in [0.3, 0.4) is 0 Å². The SMILES string of the molecule is Cc1cc([C@H]2[C@H](c3ccccn3)NC(=S)N2c2ccc(F)cc2)c(C)n1-c1cccc(Cl)c1Cl. The Labute approximate surface area is 213 Å². The van der Waals surface area contributed by atoms with E-state index in [9.17, 15) is 4.39 Å². The summed E-state index contributed by atoms with van der Waals surface area (Å²) in [5, 5.41) is 4.99. The normalized spacial score (nSPS) is 17.8. The molecule has 0 spiro atoms. The van der Waals surface area contributed by atoms with Crippen molar-refractivity contribution in [2.75, 3.05) is 4.90 Å². The van der Waals surface area contributed by atoms with Crippen molar-refractivity contribution in [2.24, 2.45) is 0 Å². The number of nitrogens with zero attached hydrogens (tertiary/aromatic N) is 3. The Kier molecular flexibility index (Phi) is 6.06. The Morgan fingerprint density at radius 3 is 2.47 bits per heavy atom. The summed E-state index contributed by atoms with van der Waals surface area (Å²) in [5.41, 5.74) is 5.55. The van der Waals surface area contributed by atoms with Crippen molar-refractivity contribution in [3.05, 3.63) is 111 Å². The first-order valence-electron chi connectivity index (χ1n) is 10.8. The second kappa shape index (κ2) is 9.02. The average Bonchev–Trinajstić information content (AvgIpc) is 3.32. The molecule has 2 aromatic heterocycles. The van der Waals surface area contributed by atoms with Gasteiger partial charge in [-0.25, -0.2) is 4.39 Å². The molecule has 0 unspecified atom stereocenters. The van der Waals surface area contributed by atoms with Gasteiger partial charge < -0.3 is 14.8 Å². The highest BCUT2D eigenvalue weighted by Gasteiger charge is 2.42. The van der Waals surface area contributed by atoms with Gasteiger partial charge in [0.1, 0.15) is 5.82 Å². The number of anilines is 1. The Hall–Kier alpha value is -2.93. The third kappa shape index (κ3) is 3.86. The second-order valence-corrected chi connectivity index (χ2v) is 9.38. The number of pyridine rings is 1. The van der Waals surface area contributed by atoms with Gasteiger partial charge in [0, 0.05) is 23.3 Å². The van der Waals surface area contributed by atoms with E-state index in [0.29, 0.717) is 15.2 Å². The number of benzene rings is 2. The average molecular weight is 511 g/mol. The zero-order chi connectivity index (χ0) is 24.0. The maximum atomic E-state index is 13.7. The molecule has 0 saturated carbocycles. The zero-order valence-corrected chi connectivity index (χ0v) is 20.8. The molecule has 1 aliphatic heterocycles. The molecule has 2 atom stereocenters. The van der Waals surface area contributed by atoms with Gasteiger partial charge in [0.2, 0.25) is 0 Å². The Bertz CT molecular complexity index is 1370. The van der Waals surface area contributed by atoms with Gasteiger partial charge in [-0.2, -0.15) is 0 Å². The van der Waals surface area contributed by atoms with Crippen LogP contribution < -0.4 is 10.2 Å². The molecule has 0 aliphatic carbocycles. The fraction of sp³-hybridized carbons (Fsp3) is 0.154. The van der Waals surface area contributed by atoms with E-state index in [1.165, 1.54) is 12.1 Å². The van der Waals surface area contributed by atoms with Crippen LogP contribution in [-0.4, -0.2) is 14.7 Å². The summed E-state index contributed by atoms with van der Waals surface area (Å²) in [6.07, 6.45) is 1.77. The fourth-order valence-electron chi connectivity index (χ4n) is 4.67. The topological polar surface area (TPSA) is 33.1 Å².